The molecule has 368 valence electrons. The van der Waals surface area contributed by atoms with E-state index in [1.165, 1.54) is 59.9 Å². The van der Waals surface area contributed by atoms with Gasteiger partial charge in [-0.15, -0.1) is 23.5 Å². The van der Waals surface area contributed by atoms with Crippen LogP contribution in [-0.4, -0.2) is 89.9 Å². The summed E-state index contributed by atoms with van der Waals surface area (Å²) >= 11 is 2.79. The van der Waals surface area contributed by atoms with Crippen molar-refractivity contribution in [3.05, 3.63) is 84.4 Å². The predicted molar refractivity (Wildman–Crippen MR) is 260 cm³/mol. The average Bonchev–Trinajstić information content (AvgIpc) is 4.26. The third-order valence-electron chi connectivity index (χ3n) is 12.8. The van der Waals surface area contributed by atoms with Crippen molar-refractivity contribution in [1.82, 2.24) is 9.44 Å². The summed E-state index contributed by atoms with van der Waals surface area (Å²) in [6.07, 6.45) is 10.8. The molecule has 2 aliphatic carbocycles. The number of halogens is 2. The molecule has 4 aromatic carbocycles. The molecule has 8 rings (SSSR count). The molecule has 0 unspecified atom stereocenters. The summed E-state index contributed by atoms with van der Waals surface area (Å²) in [5, 5.41) is 19.0. The van der Waals surface area contributed by atoms with Crippen molar-refractivity contribution >= 4 is 78.3 Å². The number of fused-ring (bicyclic) bond motifs is 2. The molecule has 0 aromatic heterocycles. The number of ether oxygens (including phenoxy) is 2. The van der Waals surface area contributed by atoms with E-state index in [0.29, 0.717) is 95.7 Å². The van der Waals surface area contributed by atoms with Crippen LogP contribution >= 0.6 is 23.5 Å². The van der Waals surface area contributed by atoms with Crippen LogP contribution in [0, 0.1) is 22.5 Å². The lowest BCUT2D eigenvalue weighted by molar-refractivity contribution is -0.145. The molecule has 2 atom stereocenters. The van der Waals surface area contributed by atoms with Gasteiger partial charge in [0.1, 0.15) is 57.0 Å². The largest absolute Gasteiger partial charge is 0.491 e. The number of aliphatic carboxylic acids is 2. The molecule has 2 aliphatic heterocycles. The number of anilines is 4. The normalized spacial score (nSPS) is 20.3. The number of benzene rings is 4. The van der Waals surface area contributed by atoms with E-state index >= 15 is 0 Å². The van der Waals surface area contributed by atoms with Gasteiger partial charge in [0.15, 0.2) is 0 Å². The Morgan fingerprint density at radius 2 is 1.00 bits per heavy atom. The monoisotopic (exact) mass is 1020 g/mol. The fourth-order valence-electron chi connectivity index (χ4n) is 8.24. The summed E-state index contributed by atoms with van der Waals surface area (Å²) in [7, 11) is -7.76. The van der Waals surface area contributed by atoms with E-state index in [9.17, 15) is 45.4 Å². The number of rotatable bonds is 18. The molecule has 4 aliphatic rings. The van der Waals surface area contributed by atoms with Crippen molar-refractivity contribution in [3.63, 3.8) is 0 Å². The minimum atomic E-state index is -3.88. The van der Waals surface area contributed by atoms with E-state index < -0.39 is 42.8 Å². The van der Waals surface area contributed by atoms with Crippen molar-refractivity contribution in [2.45, 2.75) is 110 Å². The van der Waals surface area contributed by atoms with E-state index in [2.05, 4.69) is 23.3 Å². The number of nitrogens with one attached hydrogen (secondary N) is 2. The first-order valence-corrected chi connectivity index (χ1v) is 28.1. The van der Waals surface area contributed by atoms with Crippen LogP contribution in [0.1, 0.15) is 78.1 Å². The second-order valence-electron chi connectivity index (χ2n) is 17.8. The topological polar surface area (TPSA) is 192 Å². The molecular formula is C48H58F2N4O10S4. The zero-order valence-electron chi connectivity index (χ0n) is 38.4. The fourth-order valence-corrected chi connectivity index (χ4v) is 12.3. The number of carboxylic acid groups (broad SMARTS) is 2. The molecule has 2 heterocycles. The third kappa shape index (κ3) is 11.5. The van der Waals surface area contributed by atoms with Gasteiger partial charge in [-0.05, 0) is 112 Å². The molecule has 4 N–H and O–H groups in total. The first-order valence-electron chi connectivity index (χ1n) is 22.7. The molecule has 0 spiro atoms. The molecule has 0 bridgehead atoms. The van der Waals surface area contributed by atoms with E-state index in [-0.39, 0.29) is 46.7 Å². The Balaban J connectivity index is 0.000000201. The number of sulfonamides is 2. The Labute approximate surface area is 405 Å². The highest BCUT2D eigenvalue weighted by Gasteiger charge is 2.52. The first-order chi connectivity index (χ1) is 32.4. The highest BCUT2D eigenvalue weighted by molar-refractivity contribution is 7.99. The maximum atomic E-state index is 13.6. The van der Waals surface area contributed by atoms with Crippen molar-refractivity contribution in [3.8, 4) is 11.5 Å². The van der Waals surface area contributed by atoms with Crippen LogP contribution in [0.5, 0.6) is 11.5 Å². The minimum absolute atomic E-state index is 0.0110. The number of nitrogens with zero attached hydrogens (tertiary/aromatic N) is 2. The van der Waals surface area contributed by atoms with Gasteiger partial charge in [0.25, 0.3) is 0 Å². The molecule has 0 saturated heterocycles. The summed E-state index contributed by atoms with van der Waals surface area (Å²) in [6.45, 7) is 4.87. The summed E-state index contributed by atoms with van der Waals surface area (Å²) in [5.74, 6) is -1.85. The van der Waals surface area contributed by atoms with E-state index in [1.807, 2.05) is 22.3 Å². The number of carboxylic acids is 2. The van der Waals surface area contributed by atoms with Crippen LogP contribution in [0.4, 0.5) is 31.5 Å². The van der Waals surface area contributed by atoms with Crippen molar-refractivity contribution in [2.24, 2.45) is 10.8 Å². The van der Waals surface area contributed by atoms with Gasteiger partial charge in [-0.2, -0.15) is 0 Å². The maximum absolute atomic E-state index is 13.6. The van der Waals surface area contributed by atoms with Gasteiger partial charge in [-0.1, -0.05) is 39.5 Å². The summed E-state index contributed by atoms with van der Waals surface area (Å²) in [6, 6.07) is 17.8. The van der Waals surface area contributed by atoms with Gasteiger partial charge in [-0.25, -0.2) is 35.1 Å². The van der Waals surface area contributed by atoms with Crippen LogP contribution in [0.15, 0.2) is 92.4 Å². The van der Waals surface area contributed by atoms with Crippen molar-refractivity contribution in [2.75, 3.05) is 48.6 Å². The number of thioether (sulfide) groups is 2. The van der Waals surface area contributed by atoms with Crippen LogP contribution in [-0.2, 0) is 29.6 Å². The Bertz CT molecular complexity index is 2520. The van der Waals surface area contributed by atoms with Crippen LogP contribution in [0.25, 0.3) is 0 Å². The van der Waals surface area contributed by atoms with E-state index in [4.69, 9.17) is 9.47 Å². The molecule has 68 heavy (non-hydrogen) atoms. The van der Waals surface area contributed by atoms with Crippen molar-refractivity contribution < 1.29 is 54.9 Å². The number of hydrogen-bond acceptors (Lipinski definition) is 12. The van der Waals surface area contributed by atoms with Crippen LogP contribution < -0.4 is 28.7 Å². The van der Waals surface area contributed by atoms with Crippen LogP contribution in [0.3, 0.4) is 0 Å². The average molecular weight is 1020 g/mol. The first kappa shape index (κ1) is 51.3. The lowest BCUT2D eigenvalue weighted by Gasteiger charge is -2.28. The minimum Gasteiger partial charge on any atom is -0.491 e. The zero-order chi connectivity index (χ0) is 49.0. The molecule has 20 heteroatoms. The molecule has 2 fully saturated rings. The van der Waals surface area contributed by atoms with E-state index in [1.54, 1.807) is 36.4 Å². The van der Waals surface area contributed by atoms with Gasteiger partial charge in [0.05, 0.1) is 21.2 Å². The third-order valence-corrected chi connectivity index (χ3v) is 17.4. The molecule has 2 saturated carbocycles. The highest BCUT2D eigenvalue weighted by Crippen LogP contribution is 2.49. The Kier molecular flexibility index (Phi) is 16.0. The Morgan fingerprint density at radius 1 is 0.647 bits per heavy atom. The second-order valence-corrected chi connectivity index (χ2v) is 22.8. The number of unbranched alkanes of at least 4 members (excludes halogenated alkanes) is 2. The molecule has 14 nitrogen and oxygen atoms in total. The standard InChI is InChI=1S/2C24H29FN2O5S2/c2*1-3-4-5-17-14-27(18-8-6-16(25)7-9-18)19-12-21(33-2)20(13-22(19)34(30,31)26-17)32-15-24(10-11-24)23(28)29/h2*6-9,12-13,17,26H,3-5,10-11,14-15H2,1-2H3,(H,28,29)/t2*17-/m10/s1. The summed E-state index contributed by atoms with van der Waals surface area (Å²) in [5.41, 5.74) is 0.539. The Morgan fingerprint density at radius 3 is 1.29 bits per heavy atom. The lowest BCUT2D eigenvalue weighted by Crippen LogP contribution is -2.39. The quantitative estimate of drug-likeness (QED) is 0.0689. The fraction of sp³-hybridized carbons (Fsp3) is 0.458. The second kappa shape index (κ2) is 21.2. The van der Waals surface area contributed by atoms with Crippen LogP contribution in [0.2, 0.25) is 0 Å². The SMILES string of the molecule is CCCC[C@@H]1CN(c2ccc(F)cc2)c2cc(SC)c(OCC3(C(=O)O)CC3)cc2S(=O)(=O)N1.CCCC[C@H]1CN(c2ccc(F)cc2)c2cc(SC)c(OCC3(C(=O)O)CC3)cc2S(=O)(=O)N1. The molecule has 0 radical (unpaired) electrons. The van der Waals surface area contributed by atoms with Gasteiger partial charge >= 0.3 is 11.9 Å². The summed E-state index contributed by atoms with van der Waals surface area (Å²) < 4.78 is 98.4. The van der Waals surface area contributed by atoms with E-state index in [0.717, 1.165) is 25.7 Å². The van der Waals surface area contributed by atoms with Gasteiger partial charge < -0.3 is 29.5 Å². The molecule has 0 amide bonds. The lowest BCUT2D eigenvalue weighted by atomic mass is 10.1. The summed E-state index contributed by atoms with van der Waals surface area (Å²) in [4.78, 5) is 28.4. The van der Waals surface area contributed by atoms with Gasteiger partial charge in [0, 0.05) is 48.7 Å². The number of hydrogen-bond donors (Lipinski definition) is 4. The maximum Gasteiger partial charge on any atom is 0.313 e. The molecule has 4 aromatic rings. The molecular weight excluding hydrogens is 959 g/mol. The van der Waals surface area contributed by atoms with Gasteiger partial charge in [0.2, 0.25) is 20.0 Å². The smallest absolute Gasteiger partial charge is 0.313 e. The highest BCUT2D eigenvalue weighted by atomic mass is 32.2. The number of carbonyl (C=O) groups is 2. The van der Waals surface area contributed by atoms with Crippen molar-refractivity contribution in [1.29, 1.82) is 0 Å². The Hall–Kier alpha value is -4.60. The zero-order valence-corrected chi connectivity index (χ0v) is 41.7. The van der Waals surface area contributed by atoms with Gasteiger partial charge in [-0.3, -0.25) is 9.59 Å². The predicted octanol–water partition coefficient (Wildman–Crippen LogP) is 9.56.